The van der Waals surface area contributed by atoms with Gasteiger partial charge < -0.3 is 29.0 Å². The molecule has 3 heterocycles. The first-order valence-corrected chi connectivity index (χ1v) is 8.17. The molecule has 1 spiro atoms. The van der Waals surface area contributed by atoms with E-state index in [9.17, 15) is 14.7 Å². The molecule has 1 aromatic rings. The number of fused-ring (bicyclic) bond motifs is 1. The first kappa shape index (κ1) is 16.7. The summed E-state index contributed by atoms with van der Waals surface area (Å²) in [4.78, 5) is 26.3. The van der Waals surface area contributed by atoms with Crippen LogP contribution < -0.4 is 19.1 Å². The zero-order chi connectivity index (χ0) is 18.6. The minimum Gasteiger partial charge on any atom is -0.493 e. The summed E-state index contributed by atoms with van der Waals surface area (Å²) >= 11 is 0. The number of aliphatic carboxylic acids is 1. The Morgan fingerprint density at radius 3 is 2.42 bits per heavy atom. The average Bonchev–Trinajstić information content (AvgIpc) is 3.28. The van der Waals surface area contributed by atoms with Crippen LogP contribution in [0.25, 0.3) is 0 Å². The van der Waals surface area contributed by atoms with Crippen molar-refractivity contribution in [2.45, 2.75) is 11.7 Å². The van der Waals surface area contributed by atoms with Crippen LogP contribution in [0.15, 0.2) is 24.3 Å². The minimum atomic E-state index is -1.02. The first-order valence-electron chi connectivity index (χ1n) is 8.17. The molecule has 26 heavy (non-hydrogen) atoms. The number of rotatable bonds is 5. The molecule has 2 fully saturated rings. The van der Waals surface area contributed by atoms with E-state index in [1.54, 1.807) is 18.2 Å². The molecule has 0 radical (unpaired) electrons. The third-order valence-electron chi connectivity index (χ3n) is 5.35. The Morgan fingerprint density at radius 1 is 1.23 bits per heavy atom. The molecule has 0 aliphatic carbocycles. The lowest BCUT2D eigenvalue weighted by Gasteiger charge is -2.23. The summed E-state index contributed by atoms with van der Waals surface area (Å²) in [7, 11) is 4.49. The van der Waals surface area contributed by atoms with Crippen LogP contribution in [0.4, 0.5) is 5.69 Å². The molecule has 0 aromatic heterocycles. The summed E-state index contributed by atoms with van der Waals surface area (Å²) in [5.41, 5.74) is -0.358. The largest absolute Gasteiger partial charge is 0.493 e. The van der Waals surface area contributed by atoms with E-state index in [4.69, 9.17) is 18.9 Å². The van der Waals surface area contributed by atoms with Gasteiger partial charge in [-0.1, -0.05) is 12.2 Å². The highest BCUT2D eigenvalue weighted by molar-refractivity contribution is 6.02. The zero-order valence-electron chi connectivity index (χ0n) is 14.6. The molecule has 4 rings (SSSR count). The SMILES string of the molecule is COc1cc(N2CC34C=CC(O3)C(C(=O)O)C4C2=O)cc(OC)c1OC. The summed E-state index contributed by atoms with van der Waals surface area (Å²) in [6.45, 7) is 0.242. The summed E-state index contributed by atoms with van der Waals surface area (Å²) < 4.78 is 21.9. The predicted molar refractivity (Wildman–Crippen MR) is 89.8 cm³/mol. The molecule has 4 unspecified atom stereocenters. The van der Waals surface area contributed by atoms with Crippen LogP contribution >= 0.6 is 0 Å². The van der Waals surface area contributed by atoms with E-state index in [0.717, 1.165) is 0 Å². The van der Waals surface area contributed by atoms with Gasteiger partial charge in [-0.15, -0.1) is 0 Å². The molecular weight excluding hydrogens is 342 g/mol. The molecule has 138 valence electrons. The van der Waals surface area contributed by atoms with E-state index in [0.29, 0.717) is 22.9 Å². The molecule has 1 amide bonds. The second-order valence-corrected chi connectivity index (χ2v) is 6.55. The van der Waals surface area contributed by atoms with Gasteiger partial charge in [-0.2, -0.15) is 0 Å². The Bertz CT molecular complexity index is 795. The number of carbonyl (C=O) groups excluding carboxylic acids is 1. The van der Waals surface area contributed by atoms with Crippen molar-refractivity contribution in [2.75, 3.05) is 32.8 Å². The molecule has 1 N–H and O–H groups in total. The zero-order valence-corrected chi connectivity index (χ0v) is 14.6. The lowest BCUT2D eigenvalue weighted by molar-refractivity contribution is -0.146. The number of anilines is 1. The fourth-order valence-corrected chi connectivity index (χ4v) is 4.22. The lowest BCUT2D eigenvalue weighted by atomic mass is 9.77. The number of carboxylic acids is 1. The van der Waals surface area contributed by atoms with Gasteiger partial charge in [0.1, 0.15) is 11.5 Å². The van der Waals surface area contributed by atoms with Gasteiger partial charge in [0, 0.05) is 12.1 Å². The fraction of sp³-hybridized carbons (Fsp3) is 0.444. The average molecular weight is 361 g/mol. The molecule has 8 heteroatoms. The van der Waals surface area contributed by atoms with E-state index in [1.165, 1.54) is 26.2 Å². The van der Waals surface area contributed by atoms with E-state index < -0.39 is 29.5 Å². The number of hydrogen-bond acceptors (Lipinski definition) is 6. The first-order chi connectivity index (χ1) is 12.5. The summed E-state index contributed by atoms with van der Waals surface area (Å²) in [6, 6.07) is 3.34. The molecule has 2 bridgehead atoms. The van der Waals surface area contributed by atoms with Crippen LogP contribution in [0, 0.1) is 11.8 Å². The summed E-state index contributed by atoms with van der Waals surface area (Å²) in [5, 5.41) is 9.55. The van der Waals surface area contributed by atoms with E-state index in [1.807, 2.05) is 6.08 Å². The van der Waals surface area contributed by atoms with Crippen molar-refractivity contribution in [3.05, 3.63) is 24.3 Å². The van der Waals surface area contributed by atoms with Crippen molar-refractivity contribution in [1.29, 1.82) is 0 Å². The molecule has 0 saturated carbocycles. The van der Waals surface area contributed by atoms with Gasteiger partial charge >= 0.3 is 5.97 Å². The highest BCUT2D eigenvalue weighted by Crippen LogP contribution is 2.53. The number of benzene rings is 1. The maximum atomic E-state index is 13.1. The number of amides is 1. The number of carboxylic acid groups (broad SMARTS) is 1. The standard InChI is InChI=1S/C18H19NO7/c1-23-11-6-9(7-12(24-2)15(11)25-3)19-8-18-5-4-10(26-18)13(17(21)22)14(18)16(19)20/h4-7,10,13-14H,8H2,1-3H3,(H,21,22). The topological polar surface area (TPSA) is 94.5 Å². The fourth-order valence-electron chi connectivity index (χ4n) is 4.22. The molecule has 2 saturated heterocycles. The third-order valence-corrected chi connectivity index (χ3v) is 5.35. The van der Waals surface area contributed by atoms with E-state index in [-0.39, 0.29) is 12.5 Å². The van der Waals surface area contributed by atoms with Crippen LogP contribution in [0.1, 0.15) is 0 Å². The Hall–Kier alpha value is -2.74. The van der Waals surface area contributed by atoms with Crippen LogP contribution in [0.3, 0.4) is 0 Å². The van der Waals surface area contributed by atoms with Crippen molar-refractivity contribution in [2.24, 2.45) is 11.8 Å². The smallest absolute Gasteiger partial charge is 0.310 e. The second kappa shape index (κ2) is 5.63. The van der Waals surface area contributed by atoms with Gasteiger partial charge in [-0.05, 0) is 0 Å². The highest BCUT2D eigenvalue weighted by Gasteiger charge is 2.67. The van der Waals surface area contributed by atoms with Crippen LogP contribution in [-0.4, -0.2) is 56.6 Å². The number of nitrogens with zero attached hydrogens (tertiary/aromatic N) is 1. The van der Waals surface area contributed by atoms with Crippen molar-refractivity contribution < 1.29 is 33.6 Å². The summed E-state index contributed by atoms with van der Waals surface area (Å²) in [6.07, 6.45) is 3.00. The Kier molecular flexibility index (Phi) is 3.62. The number of carbonyl (C=O) groups is 2. The van der Waals surface area contributed by atoms with Crippen molar-refractivity contribution in [3.8, 4) is 17.2 Å². The maximum absolute atomic E-state index is 13.1. The van der Waals surface area contributed by atoms with Gasteiger partial charge in [0.2, 0.25) is 11.7 Å². The van der Waals surface area contributed by atoms with E-state index in [2.05, 4.69) is 0 Å². The number of ether oxygens (including phenoxy) is 4. The van der Waals surface area contributed by atoms with E-state index >= 15 is 0 Å². The quantitative estimate of drug-likeness (QED) is 0.784. The third kappa shape index (κ3) is 2.05. The number of hydrogen-bond donors (Lipinski definition) is 1. The van der Waals surface area contributed by atoms with Gasteiger partial charge in [0.15, 0.2) is 11.5 Å². The van der Waals surface area contributed by atoms with Gasteiger partial charge in [-0.3, -0.25) is 9.59 Å². The Balaban J connectivity index is 1.76. The van der Waals surface area contributed by atoms with Crippen molar-refractivity contribution >= 4 is 17.6 Å². The molecule has 3 aliphatic heterocycles. The minimum absolute atomic E-state index is 0.242. The van der Waals surface area contributed by atoms with Crippen molar-refractivity contribution in [3.63, 3.8) is 0 Å². The van der Waals surface area contributed by atoms with Crippen LogP contribution in [0.5, 0.6) is 17.2 Å². The van der Waals surface area contributed by atoms with Crippen LogP contribution in [0.2, 0.25) is 0 Å². The van der Waals surface area contributed by atoms with Crippen molar-refractivity contribution in [1.82, 2.24) is 0 Å². The summed E-state index contributed by atoms with van der Waals surface area (Å²) in [5.74, 6) is -1.66. The normalized spacial score (nSPS) is 31.3. The Morgan fingerprint density at radius 2 is 1.88 bits per heavy atom. The lowest BCUT2D eigenvalue weighted by Crippen LogP contribution is -2.39. The van der Waals surface area contributed by atoms with Gasteiger partial charge in [-0.25, -0.2) is 0 Å². The molecule has 8 nitrogen and oxygen atoms in total. The predicted octanol–water partition coefficient (Wildman–Crippen LogP) is 1.08. The molecule has 3 aliphatic rings. The van der Waals surface area contributed by atoms with Gasteiger partial charge in [0.05, 0.1) is 45.6 Å². The van der Waals surface area contributed by atoms with Crippen LogP contribution in [-0.2, 0) is 14.3 Å². The van der Waals surface area contributed by atoms with Gasteiger partial charge in [0.25, 0.3) is 0 Å². The molecular formula is C18H19NO7. The monoisotopic (exact) mass is 361 g/mol. The molecule has 4 atom stereocenters. The Labute approximate surface area is 149 Å². The maximum Gasteiger partial charge on any atom is 0.310 e. The number of methoxy groups -OCH3 is 3. The highest BCUT2D eigenvalue weighted by atomic mass is 16.5. The molecule has 1 aromatic carbocycles. The second-order valence-electron chi connectivity index (χ2n) is 6.55.